The lowest BCUT2D eigenvalue weighted by molar-refractivity contribution is -0.138. The van der Waals surface area contributed by atoms with Gasteiger partial charge >= 0.3 is 5.97 Å². The van der Waals surface area contributed by atoms with Crippen LogP contribution in [0.2, 0.25) is 0 Å². The molecule has 6 nitrogen and oxygen atoms in total. The second-order valence-corrected chi connectivity index (χ2v) is 13.4. The highest BCUT2D eigenvalue weighted by Crippen LogP contribution is 2.36. The summed E-state index contributed by atoms with van der Waals surface area (Å²) in [5, 5.41) is 0. The number of aromatic nitrogens is 1. The van der Waals surface area contributed by atoms with Gasteiger partial charge in [0.05, 0.1) is 28.5 Å². The van der Waals surface area contributed by atoms with Crippen LogP contribution in [-0.4, -0.2) is 17.1 Å². The molecule has 1 aliphatic rings. The van der Waals surface area contributed by atoms with E-state index in [9.17, 15) is 9.59 Å². The predicted octanol–water partition coefficient (Wildman–Crippen LogP) is 7.84. The van der Waals surface area contributed by atoms with Crippen LogP contribution < -0.4 is 14.9 Å². The lowest BCUT2D eigenvalue weighted by atomic mass is 9.91. The molecule has 0 N–H and O–H groups in total. The number of hydrogen-bond donors (Lipinski definition) is 0. The molecule has 0 saturated carbocycles. The van der Waals surface area contributed by atoms with E-state index in [-0.39, 0.29) is 12.2 Å². The molecule has 0 radical (unpaired) electrons. The molecule has 0 unspecified atom stereocenters. The molecule has 6 rings (SSSR count). The number of hydrogen-bond acceptors (Lipinski definition) is 6. The molecule has 0 bridgehead atoms. The zero-order valence-corrected chi connectivity index (χ0v) is 28.2. The maximum Gasteiger partial charge on any atom is 0.338 e. The number of carbonyl (C=O) groups is 1. The van der Waals surface area contributed by atoms with Gasteiger partial charge in [0.2, 0.25) is 0 Å². The molecule has 0 amide bonds. The topological polar surface area (TPSA) is 73.8 Å². The van der Waals surface area contributed by atoms with Gasteiger partial charge in [-0.3, -0.25) is 9.36 Å². The lowest BCUT2D eigenvalue weighted by Gasteiger charge is -2.26. The van der Waals surface area contributed by atoms with Crippen LogP contribution in [0, 0.1) is 0 Å². The summed E-state index contributed by atoms with van der Waals surface area (Å²) in [5.74, 6) is 1.03. The van der Waals surface area contributed by atoms with Crippen molar-refractivity contribution in [2.24, 2.45) is 4.99 Å². The fourth-order valence-electron chi connectivity index (χ4n) is 5.21. The Morgan fingerprint density at radius 1 is 1.05 bits per heavy atom. The molecule has 0 aliphatic carbocycles. The fourth-order valence-corrected chi connectivity index (χ4v) is 6.99. The van der Waals surface area contributed by atoms with Crippen molar-refractivity contribution in [3.63, 3.8) is 0 Å². The molecule has 0 saturated heterocycles. The number of rotatable bonds is 7. The zero-order valence-electron chi connectivity index (χ0n) is 24.2. The van der Waals surface area contributed by atoms with Crippen molar-refractivity contribution in [3.8, 4) is 11.3 Å². The average molecular weight is 732 g/mol. The van der Waals surface area contributed by atoms with E-state index >= 15 is 0 Å². The van der Waals surface area contributed by atoms with Crippen LogP contribution in [0.4, 0.5) is 0 Å². The SMILES string of the molecule is CCOC(=O)C1=C(c2ccccc2)N=c2s/c(=C/c3ccc(-c4cc(Br)ccc4Br)o3)c(=O)n2[C@@H]1c1ccc(C(C)C)cc1. The highest BCUT2D eigenvalue weighted by molar-refractivity contribution is 9.11. The fraction of sp³-hybridized carbons (Fsp3) is 0.171. The summed E-state index contributed by atoms with van der Waals surface area (Å²) in [5.41, 5.74) is 4.18. The summed E-state index contributed by atoms with van der Waals surface area (Å²) < 4.78 is 15.6. The molecule has 0 spiro atoms. The van der Waals surface area contributed by atoms with Gasteiger partial charge in [0, 0.05) is 26.1 Å². The van der Waals surface area contributed by atoms with E-state index in [1.54, 1.807) is 17.6 Å². The molecule has 0 fully saturated rings. The van der Waals surface area contributed by atoms with Gasteiger partial charge in [0.15, 0.2) is 4.80 Å². The number of ether oxygens (including phenoxy) is 1. The van der Waals surface area contributed by atoms with Crippen molar-refractivity contribution < 1.29 is 13.9 Å². The number of furan rings is 1. The van der Waals surface area contributed by atoms with E-state index < -0.39 is 12.0 Å². The number of halogens is 2. The molecule has 9 heteroatoms. The Balaban J connectivity index is 1.56. The Labute approximate surface area is 275 Å². The van der Waals surface area contributed by atoms with Crippen LogP contribution in [0.3, 0.4) is 0 Å². The molecule has 2 aromatic heterocycles. The van der Waals surface area contributed by atoms with E-state index in [4.69, 9.17) is 14.1 Å². The molecule has 44 heavy (non-hydrogen) atoms. The van der Waals surface area contributed by atoms with E-state index in [2.05, 4.69) is 45.7 Å². The van der Waals surface area contributed by atoms with Crippen molar-refractivity contribution in [1.82, 2.24) is 4.57 Å². The van der Waals surface area contributed by atoms with Crippen LogP contribution in [-0.2, 0) is 9.53 Å². The minimum atomic E-state index is -0.728. The molecule has 1 aliphatic heterocycles. The molecule has 222 valence electrons. The average Bonchev–Trinajstić information content (AvgIpc) is 3.62. The van der Waals surface area contributed by atoms with Gasteiger partial charge in [-0.2, -0.15) is 0 Å². The third kappa shape index (κ3) is 5.84. The van der Waals surface area contributed by atoms with Gasteiger partial charge in [0.25, 0.3) is 5.56 Å². The molecule has 5 aromatic rings. The van der Waals surface area contributed by atoms with Crippen molar-refractivity contribution in [3.05, 3.63) is 142 Å². The van der Waals surface area contributed by atoms with Crippen molar-refractivity contribution in [2.75, 3.05) is 6.61 Å². The standard InChI is InChI=1S/C35H28Br2N2O4S/c1-4-42-34(41)30-31(22-8-6-5-7-9-22)38-35-39(32(30)23-12-10-21(11-13-23)20(2)3)33(40)29(44-35)19-25-15-17-28(43-25)26-18-24(36)14-16-27(26)37/h5-20,32H,4H2,1-3H3/b29-19+/t32-/m1/s1. The lowest BCUT2D eigenvalue weighted by Crippen LogP contribution is -2.40. The Kier molecular flexibility index (Phi) is 8.71. The van der Waals surface area contributed by atoms with Crippen molar-refractivity contribution in [1.29, 1.82) is 0 Å². The number of nitrogens with zero attached hydrogens (tertiary/aromatic N) is 2. The maximum absolute atomic E-state index is 14.2. The Morgan fingerprint density at radius 3 is 2.50 bits per heavy atom. The van der Waals surface area contributed by atoms with Gasteiger partial charge in [-0.15, -0.1) is 0 Å². The quantitative estimate of drug-likeness (QED) is 0.160. The van der Waals surface area contributed by atoms with E-state index in [0.29, 0.717) is 38.0 Å². The van der Waals surface area contributed by atoms with Crippen LogP contribution in [0.5, 0.6) is 0 Å². The van der Waals surface area contributed by atoms with Crippen LogP contribution in [0.25, 0.3) is 23.1 Å². The Morgan fingerprint density at radius 2 is 1.80 bits per heavy atom. The number of esters is 1. The first kappa shape index (κ1) is 30.2. The predicted molar refractivity (Wildman–Crippen MR) is 181 cm³/mol. The van der Waals surface area contributed by atoms with Crippen LogP contribution in [0.15, 0.2) is 114 Å². The largest absolute Gasteiger partial charge is 0.463 e. The second kappa shape index (κ2) is 12.7. The zero-order chi connectivity index (χ0) is 31.0. The smallest absolute Gasteiger partial charge is 0.338 e. The molecule has 3 aromatic carbocycles. The van der Waals surface area contributed by atoms with Crippen LogP contribution >= 0.6 is 43.2 Å². The van der Waals surface area contributed by atoms with Gasteiger partial charge in [-0.05, 0) is 54.3 Å². The van der Waals surface area contributed by atoms with Crippen molar-refractivity contribution in [2.45, 2.75) is 32.7 Å². The highest BCUT2D eigenvalue weighted by atomic mass is 79.9. The summed E-state index contributed by atoms with van der Waals surface area (Å²) in [6, 6.07) is 26.4. The second-order valence-electron chi connectivity index (χ2n) is 10.6. The Bertz CT molecular complexity index is 2070. The first-order valence-corrected chi connectivity index (χ1v) is 16.6. The monoisotopic (exact) mass is 730 g/mol. The van der Waals surface area contributed by atoms with Gasteiger partial charge in [-0.1, -0.05) is 112 Å². The summed E-state index contributed by atoms with van der Waals surface area (Å²) in [7, 11) is 0. The third-order valence-electron chi connectivity index (χ3n) is 7.39. The number of fused-ring (bicyclic) bond motifs is 1. The minimum Gasteiger partial charge on any atom is -0.463 e. The minimum absolute atomic E-state index is 0.197. The van der Waals surface area contributed by atoms with E-state index in [0.717, 1.165) is 31.2 Å². The van der Waals surface area contributed by atoms with E-state index in [1.807, 2.05) is 84.9 Å². The molecular formula is C35H28Br2N2O4S. The van der Waals surface area contributed by atoms with Crippen LogP contribution in [0.1, 0.15) is 55.2 Å². The molecule has 1 atom stereocenters. The maximum atomic E-state index is 14.2. The summed E-state index contributed by atoms with van der Waals surface area (Å²) in [4.78, 5) is 33.3. The van der Waals surface area contributed by atoms with Gasteiger partial charge in [-0.25, -0.2) is 9.79 Å². The van der Waals surface area contributed by atoms with Gasteiger partial charge < -0.3 is 9.15 Å². The third-order valence-corrected chi connectivity index (χ3v) is 9.55. The normalized spacial score (nSPS) is 15.0. The molecule has 3 heterocycles. The summed E-state index contributed by atoms with van der Waals surface area (Å²) >= 11 is 8.37. The first-order valence-electron chi connectivity index (χ1n) is 14.2. The molecular weight excluding hydrogens is 704 g/mol. The Hall–Kier alpha value is -3.79. The highest BCUT2D eigenvalue weighted by Gasteiger charge is 2.35. The van der Waals surface area contributed by atoms with Crippen molar-refractivity contribution >= 4 is 60.9 Å². The number of thiazole rings is 1. The summed E-state index contributed by atoms with van der Waals surface area (Å²) in [6.45, 7) is 6.23. The van der Waals surface area contributed by atoms with Gasteiger partial charge in [0.1, 0.15) is 11.5 Å². The number of carbonyl (C=O) groups excluding carboxylic acids is 1. The number of benzene rings is 3. The van der Waals surface area contributed by atoms with E-state index in [1.165, 1.54) is 11.3 Å². The first-order chi connectivity index (χ1) is 21.2. The summed E-state index contributed by atoms with van der Waals surface area (Å²) in [6.07, 6.45) is 1.73.